The minimum absolute atomic E-state index is 0.130. The lowest BCUT2D eigenvalue weighted by molar-refractivity contribution is 0.0954. The van der Waals surface area contributed by atoms with Crippen LogP contribution in [-0.4, -0.2) is 37.0 Å². The fourth-order valence-electron chi connectivity index (χ4n) is 4.71. The van der Waals surface area contributed by atoms with E-state index in [0.29, 0.717) is 24.2 Å². The molecule has 0 radical (unpaired) electrons. The number of benzene rings is 2. The van der Waals surface area contributed by atoms with Gasteiger partial charge in [-0.3, -0.25) is 4.79 Å². The zero-order valence-electron chi connectivity index (χ0n) is 20.5. The van der Waals surface area contributed by atoms with E-state index in [2.05, 4.69) is 39.1 Å². The number of carbonyl (C=O) groups is 1. The molecule has 1 aliphatic heterocycles. The van der Waals surface area contributed by atoms with E-state index in [1.807, 2.05) is 54.2 Å². The Morgan fingerprint density at radius 2 is 1.86 bits per heavy atom. The summed E-state index contributed by atoms with van der Waals surface area (Å²) in [5, 5.41) is 16.7. The van der Waals surface area contributed by atoms with Crippen molar-refractivity contribution in [3.63, 3.8) is 0 Å². The molecule has 0 fully saturated rings. The lowest BCUT2D eigenvalue weighted by Crippen LogP contribution is -2.26. The van der Waals surface area contributed by atoms with Gasteiger partial charge in [0, 0.05) is 37.7 Å². The number of amides is 1. The molecular formula is C28H32N6O. The number of hydrogen-bond acceptors (Lipinski definition) is 4. The second-order valence-electron chi connectivity index (χ2n) is 9.17. The van der Waals surface area contributed by atoms with Gasteiger partial charge in [0.05, 0.1) is 11.3 Å². The number of aromatic nitrogens is 5. The third-order valence-corrected chi connectivity index (χ3v) is 6.78. The van der Waals surface area contributed by atoms with Crippen LogP contribution in [0.4, 0.5) is 0 Å². The normalized spacial score (nSPS) is 13.3. The number of fused-ring (bicyclic) bond motifs is 1. The molecule has 7 heteroatoms. The summed E-state index contributed by atoms with van der Waals surface area (Å²) in [5.74, 6) is 1.89. The van der Waals surface area contributed by atoms with Crippen LogP contribution in [0.25, 0.3) is 16.9 Å². The number of nitrogens with one attached hydrogen (secondary N) is 1. The standard InChI is InChI=1S/C28H32N6O/c1-3-21-12-14-22(15-13-21)27-23(19-34(32-27)24-10-7-6-9-20(24)2)28(35)29-17-16-26-31-30-25-11-5-4-8-18-33(25)26/h6-7,9-10,12-15,19H,3-5,8,11,16-18H2,1-2H3,(H,29,35). The second kappa shape index (κ2) is 10.3. The van der Waals surface area contributed by atoms with Crippen LogP contribution in [0.15, 0.2) is 54.7 Å². The van der Waals surface area contributed by atoms with Gasteiger partial charge in [-0.05, 0) is 43.4 Å². The van der Waals surface area contributed by atoms with E-state index in [1.165, 1.54) is 18.4 Å². The quantitative estimate of drug-likeness (QED) is 0.426. The first kappa shape index (κ1) is 23.0. The van der Waals surface area contributed by atoms with Crippen molar-refractivity contribution in [1.29, 1.82) is 0 Å². The average Bonchev–Trinajstić information content (AvgIpc) is 3.41. The Kier molecular flexibility index (Phi) is 6.75. The number of carbonyl (C=O) groups excluding carboxylic acids is 1. The topological polar surface area (TPSA) is 77.6 Å². The van der Waals surface area contributed by atoms with Gasteiger partial charge in [-0.2, -0.15) is 5.10 Å². The summed E-state index contributed by atoms with van der Waals surface area (Å²) in [4.78, 5) is 13.4. The number of nitrogens with zero attached hydrogens (tertiary/aromatic N) is 5. The molecule has 1 amide bonds. The molecule has 4 aromatic rings. The molecule has 0 unspecified atom stereocenters. The Morgan fingerprint density at radius 3 is 2.66 bits per heavy atom. The van der Waals surface area contributed by atoms with Crippen LogP contribution in [0.3, 0.4) is 0 Å². The maximum absolute atomic E-state index is 13.4. The molecule has 1 aliphatic rings. The first-order chi connectivity index (χ1) is 17.1. The van der Waals surface area contributed by atoms with Gasteiger partial charge >= 0.3 is 0 Å². The fraction of sp³-hybridized carbons (Fsp3) is 0.357. The Labute approximate surface area is 206 Å². The van der Waals surface area contributed by atoms with Crippen LogP contribution in [0.5, 0.6) is 0 Å². The van der Waals surface area contributed by atoms with Crippen molar-refractivity contribution in [3.8, 4) is 16.9 Å². The zero-order valence-corrected chi connectivity index (χ0v) is 20.5. The minimum atomic E-state index is -0.130. The SMILES string of the molecule is CCc1ccc(-c2nn(-c3ccccc3C)cc2C(=O)NCCc2nnc3n2CCCCC3)cc1. The Bertz CT molecular complexity index is 1320. The van der Waals surface area contributed by atoms with Crippen LogP contribution < -0.4 is 5.32 Å². The van der Waals surface area contributed by atoms with Crippen molar-refractivity contribution in [2.75, 3.05) is 6.54 Å². The van der Waals surface area contributed by atoms with Crippen LogP contribution >= 0.6 is 0 Å². The van der Waals surface area contributed by atoms with Crippen LogP contribution in [0.1, 0.15) is 59.3 Å². The highest BCUT2D eigenvalue weighted by Crippen LogP contribution is 2.25. The van der Waals surface area contributed by atoms with Crippen molar-refractivity contribution >= 4 is 5.91 Å². The van der Waals surface area contributed by atoms with Gasteiger partial charge in [-0.15, -0.1) is 10.2 Å². The molecule has 3 heterocycles. The van der Waals surface area contributed by atoms with E-state index in [4.69, 9.17) is 5.10 Å². The smallest absolute Gasteiger partial charge is 0.255 e. The number of hydrogen-bond donors (Lipinski definition) is 1. The van der Waals surface area contributed by atoms with Gasteiger partial charge in [0.1, 0.15) is 17.3 Å². The zero-order chi connectivity index (χ0) is 24.2. The van der Waals surface area contributed by atoms with Crippen molar-refractivity contribution in [2.24, 2.45) is 0 Å². The Hall–Kier alpha value is -3.74. The molecule has 2 aromatic heterocycles. The highest BCUT2D eigenvalue weighted by molar-refractivity contribution is 6.00. The number of para-hydroxylation sites is 1. The van der Waals surface area contributed by atoms with Gasteiger partial charge in [-0.25, -0.2) is 4.68 Å². The van der Waals surface area contributed by atoms with Gasteiger partial charge in [0.15, 0.2) is 0 Å². The van der Waals surface area contributed by atoms with Crippen molar-refractivity contribution in [2.45, 2.75) is 58.9 Å². The van der Waals surface area contributed by atoms with E-state index in [0.717, 1.165) is 54.3 Å². The minimum Gasteiger partial charge on any atom is -0.351 e. The summed E-state index contributed by atoms with van der Waals surface area (Å²) in [7, 11) is 0. The lowest BCUT2D eigenvalue weighted by atomic mass is 10.0. The van der Waals surface area contributed by atoms with Gasteiger partial charge in [-0.1, -0.05) is 55.8 Å². The molecule has 0 bridgehead atoms. The molecule has 7 nitrogen and oxygen atoms in total. The summed E-state index contributed by atoms with van der Waals surface area (Å²) in [6.07, 6.45) is 8.00. The number of aryl methyl sites for hydroxylation is 3. The predicted octanol–water partition coefficient (Wildman–Crippen LogP) is 4.70. The lowest BCUT2D eigenvalue weighted by Gasteiger charge is -2.08. The molecule has 1 N–H and O–H groups in total. The van der Waals surface area contributed by atoms with E-state index in [9.17, 15) is 4.79 Å². The highest BCUT2D eigenvalue weighted by Gasteiger charge is 2.20. The average molecular weight is 469 g/mol. The fourth-order valence-corrected chi connectivity index (χ4v) is 4.71. The monoisotopic (exact) mass is 468 g/mol. The summed E-state index contributed by atoms with van der Waals surface area (Å²) in [5.41, 5.74) is 5.50. The van der Waals surface area contributed by atoms with E-state index in [-0.39, 0.29) is 5.91 Å². The maximum Gasteiger partial charge on any atom is 0.255 e. The summed E-state index contributed by atoms with van der Waals surface area (Å²) in [6.45, 7) is 5.65. The largest absolute Gasteiger partial charge is 0.351 e. The van der Waals surface area contributed by atoms with E-state index >= 15 is 0 Å². The molecule has 180 valence electrons. The van der Waals surface area contributed by atoms with E-state index in [1.54, 1.807) is 0 Å². The first-order valence-electron chi connectivity index (χ1n) is 12.6. The molecule has 2 aromatic carbocycles. The highest BCUT2D eigenvalue weighted by atomic mass is 16.1. The Balaban J connectivity index is 1.39. The third kappa shape index (κ3) is 4.90. The molecule has 35 heavy (non-hydrogen) atoms. The summed E-state index contributed by atoms with van der Waals surface area (Å²) in [6, 6.07) is 16.4. The van der Waals surface area contributed by atoms with Crippen molar-refractivity contribution in [1.82, 2.24) is 29.9 Å². The molecule has 0 saturated carbocycles. The summed E-state index contributed by atoms with van der Waals surface area (Å²) >= 11 is 0. The molecular weight excluding hydrogens is 436 g/mol. The molecule has 0 aliphatic carbocycles. The van der Waals surface area contributed by atoms with Gasteiger partial charge < -0.3 is 9.88 Å². The maximum atomic E-state index is 13.4. The number of rotatable bonds is 7. The second-order valence-corrected chi connectivity index (χ2v) is 9.17. The molecule has 0 spiro atoms. The van der Waals surface area contributed by atoms with Crippen LogP contribution in [0.2, 0.25) is 0 Å². The molecule has 0 saturated heterocycles. The van der Waals surface area contributed by atoms with Gasteiger partial charge in [0.2, 0.25) is 0 Å². The van der Waals surface area contributed by atoms with Crippen molar-refractivity contribution in [3.05, 3.63) is 83.1 Å². The first-order valence-corrected chi connectivity index (χ1v) is 12.6. The van der Waals surface area contributed by atoms with E-state index < -0.39 is 0 Å². The molecule has 5 rings (SSSR count). The molecule has 0 atom stereocenters. The Morgan fingerprint density at radius 1 is 1.03 bits per heavy atom. The van der Waals surface area contributed by atoms with Crippen LogP contribution in [0, 0.1) is 6.92 Å². The van der Waals surface area contributed by atoms with Crippen molar-refractivity contribution < 1.29 is 4.79 Å². The van der Waals surface area contributed by atoms with Gasteiger partial charge in [0.25, 0.3) is 5.91 Å². The van der Waals surface area contributed by atoms with Crippen LogP contribution in [-0.2, 0) is 25.8 Å². The predicted molar refractivity (Wildman–Crippen MR) is 137 cm³/mol. The summed E-state index contributed by atoms with van der Waals surface area (Å²) < 4.78 is 4.04. The third-order valence-electron chi connectivity index (χ3n) is 6.78.